The van der Waals surface area contributed by atoms with E-state index in [4.69, 9.17) is 5.11 Å². The van der Waals surface area contributed by atoms with Crippen LogP contribution in [0.3, 0.4) is 0 Å². The van der Waals surface area contributed by atoms with E-state index in [9.17, 15) is 0 Å². The Morgan fingerprint density at radius 1 is 1.06 bits per heavy atom. The SMILES string of the molecule is CC.CC(C)CCN1C[C@@H]2CC1CN2CCO. The van der Waals surface area contributed by atoms with Crippen LogP contribution in [0.15, 0.2) is 0 Å². The van der Waals surface area contributed by atoms with Crippen LogP contribution in [-0.4, -0.2) is 59.8 Å². The van der Waals surface area contributed by atoms with Crippen LogP contribution >= 0.6 is 0 Å². The van der Waals surface area contributed by atoms with Crippen LogP contribution in [0, 0.1) is 5.92 Å². The van der Waals surface area contributed by atoms with E-state index in [1.54, 1.807) is 0 Å². The molecule has 2 bridgehead atoms. The molecule has 17 heavy (non-hydrogen) atoms. The third-order valence-electron chi connectivity index (χ3n) is 3.85. The lowest BCUT2D eigenvalue weighted by Crippen LogP contribution is -2.47. The lowest BCUT2D eigenvalue weighted by atomic mass is 10.1. The second kappa shape index (κ2) is 7.34. The Hall–Kier alpha value is -0.120. The van der Waals surface area contributed by atoms with Crippen LogP contribution in [0.1, 0.15) is 40.5 Å². The third kappa shape index (κ3) is 3.94. The van der Waals surface area contributed by atoms with Crippen molar-refractivity contribution >= 4 is 0 Å². The van der Waals surface area contributed by atoms with Crippen molar-refractivity contribution in [3.05, 3.63) is 0 Å². The number of piperazine rings is 1. The number of aliphatic hydroxyl groups excluding tert-OH is 1. The zero-order valence-corrected chi connectivity index (χ0v) is 12.0. The zero-order valence-electron chi connectivity index (χ0n) is 12.0. The van der Waals surface area contributed by atoms with Gasteiger partial charge in [-0.15, -0.1) is 0 Å². The first kappa shape index (κ1) is 14.9. The number of β-amino-alcohol motifs (C(OH)–C–C–N with tert-alkyl or cyclic N) is 1. The van der Waals surface area contributed by atoms with Crippen molar-refractivity contribution in [3.8, 4) is 0 Å². The normalized spacial score (nSPS) is 28.6. The Morgan fingerprint density at radius 2 is 1.59 bits per heavy atom. The lowest BCUT2D eigenvalue weighted by molar-refractivity contribution is 0.106. The molecule has 0 spiro atoms. The molecular weight excluding hydrogens is 212 g/mol. The van der Waals surface area contributed by atoms with Gasteiger partial charge in [0.05, 0.1) is 6.61 Å². The van der Waals surface area contributed by atoms with Crippen molar-refractivity contribution in [2.45, 2.75) is 52.6 Å². The molecule has 3 nitrogen and oxygen atoms in total. The molecule has 0 saturated carbocycles. The van der Waals surface area contributed by atoms with Gasteiger partial charge in [0.1, 0.15) is 0 Å². The number of rotatable bonds is 5. The summed E-state index contributed by atoms with van der Waals surface area (Å²) in [6.07, 6.45) is 2.65. The highest BCUT2D eigenvalue weighted by atomic mass is 16.3. The fourth-order valence-electron chi connectivity index (χ4n) is 2.93. The Kier molecular flexibility index (Phi) is 6.45. The van der Waals surface area contributed by atoms with Gasteiger partial charge in [-0.25, -0.2) is 0 Å². The van der Waals surface area contributed by atoms with Crippen LogP contribution in [0.2, 0.25) is 0 Å². The molecule has 2 atom stereocenters. The largest absolute Gasteiger partial charge is 0.395 e. The Labute approximate surface area is 107 Å². The van der Waals surface area contributed by atoms with Gasteiger partial charge in [-0.05, 0) is 25.3 Å². The van der Waals surface area contributed by atoms with Gasteiger partial charge >= 0.3 is 0 Å². The van der Waals surface area contributed by atoms with Gasteiger partial charge in [-0.2, -0.15) is 0 Å². The minimum absolute atomic E-state index is 0.315. The van der Waals surface area contributed by atoms with E-state index in [1.807, 2.05) is 13.8 Å². The molecule has 2 aliphatic rings. The summed E-state index contributed by atoms with van der Waals surface area (Å²) >= 11 is 0. The maximum Gasteiger partial charge on any atom is 0.0558 e. The van der Waals surface area contributed by atoms with E-state index in [1.165, 1.54) is 32.5 Å². The fourth-order valence-corrected chi connectivity index (χ4v) is 2.93. The second-order valence-corrected chi connectivity index (χ2v) is 5.44. The molecule has 1 unspecified atom stereocenters. The third-order valence-corrected chi connectivity index (χ3v) is 3.85. The standard InChI is InChI=1S/C12H24N2O.C2H6/c1-10(2)3-4-13-8-12-7-11(13)9-14(12)5-6-15;1-2/h10-12,15H,3-9H2,1-2H3;1-2H3/t11?,12-;/m0./s1. The predicted octanol–water partition coefficient (Wildman–Crippen LogP) is 1.81. The summed E-state index contributed by atoms with van der Waals surface area (Å²) in [4.78, 5) is 5.11. The van der Waals surface area contributed by atoms with E-state index in [0.29, 0.717) is 6.61 Å². The molecule has 3 heteroatoms. The summed E-state index contributed by atoms with van der Waals surface area (Å²) in [5.74, 6) is 0.817. The smallest absolute Gasteiger partial charge is 0.0558 e. The molecule has 0 aliphatic carbocycles. The monoisotopic (exact) mass is 242 g/mol. The van der Waals surface area contributed by atoms with Crippen LogP contribution in [0.5, 0.6) is 0 Å². The summed E-state index contributed by atoms with van der Waals surface area (Å²) in [5, 5.41) is 8.94. The molecule has 102 valence electrons. The molecule has 2 saturated heterocycles. The summed E-state index contributed by atoms with van der Waals surface area (Å²) in [6, 6.07) is 1.51. The minimum Gasteiger partial charge on any atom is -0.395 e. The van der Waals surface area contributed by atoms with Crippen LogP contribution in [-0.2, 0) is 0 Å². The number of likely N-dealkylation sites (tertiary alicyclic amines) is 2. The van der Waals surface area contributed by atoms with Gasteiger partial charge < -0.3 is 5.11 Å². The maximum absolute atomic E-state index is 8.94. The topological polar surface area (TPSA) is 26.7 Å². The summed E-state index contributed by atoms with van der Waals surface area (Å²) in [5.41, 5.74) is 0. The van der Waals surface area contributed by atoms with Crippen molar-refractivity contribution in [2.24, 2.45) is 5.92 Å². The highest BCUT2D eigenvalue weighted by molar-refractivity contribution is 4.99. The summed E-state index contributed by atoms with van der Waals surface area (Å²) < 4.78 is 0. The maximum atomic E-state index is 8.94. The van der Waals surface area contributed by atoms with Crippen molar-refractivity contribution in [1.29, 1.82) is 0 Å². The van der Waals surface area contributed by atoms with Crippen LogP contribution in [0.25, 0.3) is 0 Å². The molecule has 2 rings (SSSR count). The quantitative estimate of drug-likeness (QED) is 0.796. The molecule has 0 aromatic heterocycles. The average Bonchev–Trinajstić information content (AvgIpc) is 2.89. The Bertz CT molecular complexity index is 208. The fraction of sp³-hybridized carbons (Fsp3) is 1.00. The van der Waals surface area contributed by atoms with Crippen molar-refractivity contribution < 1.29 is 5.11 Å². The highest BCUT2D eigenvalue weighted by Gasteiger charge is 2.42. The molecule has 1 N–H and O–H groups in total. The van der Waals surface area contributed by atoms with Gasteiger partial charge in [0, 0.05) is 31.7 Å². The van der Waals surface area contributed by atoms with Gasteiger partial charge in [0.2, 0.25) is 0 Å². The van der Waals surface area contributed by atoms with Crippen LogP contribution in [0.4, 0.5) is 0 Å². The van der Waals surface area contributed by atoms with E-state index in [-0.39, 0.29) is 0 Å². The Balaban J connectivity index is 0.000000686. The zero-order chi connectivity index (χ0) is 12.8. The number of nitrogens with zero attached hydrogens (tertiary/aromatic N) is 2. The average molecular weight is 242 g/mol. The first-order valence-corrected chi connectivity index (χ1v) is 7.29. The molecule has 2 aliphatic heterocycles. The number of aliphatic hydroxyl groups is 1. The van der Waals surface area contributed by atoms with E-state index in [2.05, 4.69) is 23.6 Å². The van der Waals surface area contributed by atoms with E-state index < -0.39 is 0 Å². The number of hydrogen-bond acceptors (Lipinski definition) is 3. The highest BCUT2D eigenvalue weighted by Crippen LogP contribution is 2.30. The number of fused-ring (bicyclic) bond motifs is 2. The summed E-state index contributed by atoms with van der Waals surface area (Å²) in [7, 11) is 0. The molecule has 0 aromatic rings. The number of hydrogen-bond donors (Lipinski definition) is 1. The van der Waals surface area contributed by atoms with Gasteiger partial charge in [0.15, 0.2) is 0 Å². The van der Waals surface area contributed by atoms with Gasteiger partial charge in [0.25, 0.3) is 0 Å². The van der Waals surface area contributed by atoms with Crippen molar-refractivity contribution in [2.75, 3.05) is 32.8 Å². The molecular formula is C14H30N2O. The van der Waals surface area contributed by atoms with Gasteiger partial charge in [-0.3, -0.25) is 9.80 Å². The van der Waals surface area contributed by atoms with Crippen molar-refractivity contribution in [1.82, 2.24) is 9.80 Å². The molecule has 0 radical (unpaired) electrons. The van der Waals surface area contributed by atoms with E-state index >= 15 is 0 Å². The predicted molar refractivity (Wildman–Crippen MR) is 73.2 cm³/mol. The molecule has 0 amide bonds. The molecule has 2 fully saturated rings. The van der Waals surface area contributed by atoms with E-state index in [0.717, 1.165) is 24.5 Å². The second-order valence-electron chi connectivity index (χ2n) is 5.44. The Morgan fingerprint density at radius 3 is 2.00 bits per heavy atom. The molecule has 0 aromatic carbocycles. The summed E-state index contributed by atoms with van der Waals surface area (Å²) in [6.45, 7) is 13.5. The first-order chi connectivity index (χ1) is 8.20. The first-order valence-electron chi connectivity index (χ1n) is 7.29. The van der Waals surface area contributed by atoms with Gasteiger partial charge in [-0.1, -0.05) is 27.7 Å². The van der Waals surface area contributed by atoms with Crippen LogP contribution < -0.4 is 0 Å². The van der Waals surface area contributed by atoms with Crippen molar-refractivity contribution in [3.63, 3.8) is 0 Å². The lowest BCUT2D eigenvalue weighted by Gasteiger charge is -2.34. The minimum atomic E-state index is 0.315. The molecule has 2 heterocycles.